The van der Waals surface area contributed by atoms with Gasteiger partial charge in [0.2, 0.25) is 0 Å². The molecule has 23 heavy (non-hydrogen) atoms. The number of methoxy groups -OCH3 is 1. The van der Waals surface area contributed by atoms with Crippen molar-refractivity contribution in [2.24, 2.45) is 5.10 Å². The van der Waals surface area contributed by atoms with Gasteiger partial charge in [-0.25, -0.2) is 5.43 Å². The van der Waals surface area contributed by atoms with Crippen LogP contribution >= 0.6 is 0 Å². The van der Waals surface area contributed by atoms with E-state index < -0.39 is 0 Å². The summed E-state index contributed by atoms with van der Waals surface area (Å²) >= 11 is 0. The van der Waals surface area contributed by atoms with Gasteiger partial charge >= 0.3 is 0 Å². The molecular weight excluding hydrogens is 292 g/mol. The number of ether oxygens (including phenoxy) is 2. The van der Waals surface area contributed by atoms with Crippen molar-refractivity contribution in [1.82, 2.24) is 5.43 Å². The zero-order chi connectivity index (χ0) is 16.7. The van der Waals surface area contributed by atoms with Crippen molar-refractivity contribution in [3.63, 3.8) is 0 Å². The van der Waals surface area contributed by atoms with E-state index in [4.69, 9.17) is 9.47 Å². The van der Waals surface area contributed by atoms with Crippen LogP contribution in [0.1, 0.15) is 29.8 Å². The lowest BCUT2D eigenvalue weighted by Crippen LogP contribution is -2.17. The first-order valence-corrected chi connectivity index (χ1v) is 7.34. The lowest BCUT2D eigenvalue weighted by molar-refractivity contribution is 0.0955. The third-order valence-corrected chi connectivity index (χ3v) is 2.99. The third-order valence-electron chi connectivity index (χ3n) is 2.99. The van der Waals surface area contributed by atoms with Crippen molar-refractivity contribution >= 4 is 12.1 Å². The minimum Gasteiger partial charge on any atom is -0.493 e. The third kappa shape index (κ3) is 4.57. The number of amides is 1. The summed E-state index contributed by atoms with van der Waals surface area (Å²) in [7, 11) is 1.58. The van der Waals surface area contributed by atoms with Gasteiger partial charge in [0.15, 0.2) is 11.5 Å². The second-order valence-corrected chi connectivity index (χ2v) is 5.11. The predicted octanol–water partition coefficient (Wildman–Crippen LogP) is 3.25. The van der Waals surface area contributed by atoms with Crippen molar-refractivity contribution in [2.75, 3.05) is 7.11 Å². The van der Waals surface area contributed by atoms with Gasteiger partial charge in [-0.15, -0.1) is 0 Å². The van der Waals surface area contributed by atoms with E-state index in [1.165, 1.54) is 0 Å². The highest BCUT2D eigenvalue weighted by molar-refractivity contribution is 5.95. The number of carbonyl (C=O) groups is 1. The van der Waals surface area contributed by atoms with Gasteiger partial charge in [0.1, 0.15) is 0 Å². The molecule has 0 aliphatic carbocycles. The van der Waals surface area contributed by atoms with Gasteiger partial charge in [-0.2, -0.15) is 5.10 Å². The van der Waals surface area contributed by atoms with E-state index in [0.29, 0.717) is 17.1 Å². The summed E-state index contributed by atoms with van der Waals surface area (Å²) in [6.45, 7) is 3.87. The van der Waals surface area contributed by atoms with E-state index >= 15 is 0 Å². The number of nitrogens with zero attached hydrogens (tertiary/aromatic N) is 1. The van der Waals surface area contributed by atoms with E-state index in [1.807, 2.05) is 38.1 Å². The molecule has 5 heteroatoms. The molecule has 0 unspecified atom stereocenters. The molecule has 0 bridgehead atoms. The second-order valence-electron chi connectivity index (χ2n) is 5.11. The number of hydrogen-bond acceptors (Lipinski definition) is 4. The van der Waals surface area contributed by atoms with Gasteiger partial charge in [-0.3, -0.25) is 4.79 Å². The summed E-state index contributed by atoms with van der Waals surface area (Å²) < 4.78 is 11.1. The van der Waals surface area contributed by atoms with Crippen LogP contribution in [-0.4, -0.2) is 25.3 Å². The molecule has 0 radical (unpaired) electrons. The normalized spacial score (nSPS) is 10.8. The largest absolute Gasteiger partial charge is 0.493 e. The van der Waals surface area contributed by atoms with E-state index in [2.05, 4.69) is 10.5 Å². The van der Waals surface area contributed by atoms with Crippen molar-refractivity contribution in [3.05, 3.63) is 59.7 Å². The second kappa shape index (κ2) is 7.98. The molecule has 0 aliphatic heterocycles. The molecule has 0 aliphatic rings. The molecule has 120 valence electrons. The van der Waals surface area contributed by atoms with Crippen LogP contribution in [0.2, 0.25) is 0 Å². The number of nitrogens with one attached hydrogen (secondary N) is 1. The van der Waals surface area contributed by atoms with Crippen LogP contribution in [0.4, 0.5) is 0 Å². The van der Waals surface area contributed by atoms with Gasteiger partial charge in [0.25, 0.3) is 5.91 Å². The average Bonchev–Trinajstić information content (AvgIpc) is 2.56. The molecular formula is C18H20N2O3. The van der Waals surface area contributed by atoms with E-state index in [0.717, 1.165) is 5.56 Å². The Balaban J connectivity index is 2.14. The van der Waals surface area contributed by atoms with Crippen molar-refractivity contribution in [2.45, 2.75) is 20.0 Å². The van der Waals surface area contributed by atoms with Crippen LogP contribution in [0.25, 0.3) is 0 Å². The summed E-state index contributed by atoms with van der Waals surface area (Å²) in [5, 5.41) is 4.00. The molecule has 0 saturated carbocycles. The molecule has 0 spiro atoms. The van der Waals surface area contributed by atoms with Gasteiger partial charge in [0, 0.05) is 11.1 Å². The lowest BCUT2D eigenvalue weighted by Gasteiger charge is -2.15. The first-order valence-electron chi connectivity index (χ1n) is 7.34. The Labute approximate surface area is 135 Å². The van der Waals surface area contributed by atoms with Gasteiger partial charge in [0.05, 0.1) is 19.4 Å². The first-order chi connectivity index (χ1) is 11.1. The van der Waals surface area contributed by atoms with Crippen LogP contribution in [0.3, 0.4) is 0 Å². The summed E-state index contributed by atoms with van der Waals surface area (Å²) in [6.07, 6.45) is 1.54. The highest BCUT2D eigenvalue weighted by Crippen LogP contribution is 2.30. The smallest absolute Gasteiger partial charge is 0.271 e. The maximum absolute atomic E-state index is 11.9. The number of carbonyl (C=O) groups excluding carboxylic acids is 1. The van der Waals surface area contributed by atoms with Crippen molar-refractivity contribution in [3.8, 4) is 11.5 Å². The van der Waals surface area contributed by atoms with E-state index in [1.54, 1.807) is 37.6 Å². The molecule has 0 fully saturated rings. The fraction of sp³-hybridized carbons (Fsp3) is 0.222. The topological polar surface area (TPSA) is 59.9 Å². The predicted molar refractivity (Wildman–Crippen MR) is 90.3 cm³/mol. The Morgan fingerprint density at radius 1 is 1.13 bits per heavy atom. The monoisotopic (exact) mass is 312 g/mol. The minimum absolute atomic E-state index is 0.00244. The van der Waals surface area contributed by atoms with Crippen LogP contribution in [0.15, 0.2) is 53.6 Å². The standard InChI is InChI=1S/C18H20N2O3/c1-13(2)23-17-15(10-7-11-16(17)22-3)12-19-20-18(21)14-8-5-4-6-9-14/h4-13H,1-3H3,(H,20,21)/b19-12-. The summed E-state index contributed by atoms with van der Waals surface area (Å²) in [4.78, 5) is 11.9. The van der Waals surface area contributed by atoms with Gasteiger partial charge in [-0.1, -0.05) is 24.3 Å². The average molecular weight is 312 g/mol. The summed E-state index contributed by atoms with van der Waals surface area (Å²) in [6, 6.07) is 14.4. The van der Waals surface area contributed by atoms with Crippen LogP contribution in [0.5, 0.6) is 11.5 Å². The fourth-order valence-corrected chi connectivity index (χ4v) is 1.97. The lowest BCUT2D eigenvalue weighted by atomic mass is 10.2. The zero-order valence-corrected chi connectivity index (χ0v) is 13.4. The molecule has 0 heterocycles. The molecule has 5 nitrogen and oxygen atoms in total. The molecule has 0 saturated heterocycles. The molecule has 2 aromatic rings. The Morgan fingerprint density at radius 3 is 2.52 bits per heavy atom. The minimum atomic E-state index is -0.268. The molecule has 1 N–H and O–H groups in total. The zero-order valence-electron chi connectivity index (χ0n) is 13.4. The first kappa shape index (κ1) is 16.5. The number of hydrazone groups is 1. The Bertz CT molecular complexity index is 682. The van der Waals surface area contributed by atoms with Crippen molar-refractivity contribution < 1.29 is 14.3 Å². The van der Waals surface area contributed by atoms with Crippen LogP contribution in [-0.2, 0) is 0 Å². The summed E-state index contributed by atoms with van der Waals surface area (Å²) in [5.41, 5.74) is 3.78. The maximum Gasteiger partial charge on any atom is 0.271 e. The maximum atomic E-state index is 11.9. The molecule has 0 atom stereocenters. The van der Waals surface area contributed by atoms with E-state index in [9.17, 15) is 4.79 Å². The number of hydrogen-bond donors (Lipinski definition) is 1. The summed E-state index contributed by atoms with van der Waals surface area (Å²) in [5.74, 6) is 0.954. The number of rotatable bonds is 6. The van der Waals surface area contributed by atoms with Gasteiger partial charge in [-0.05, 0) is 38.1 Å². The van der Waals surface area contributed by atoms with E-state index in [-0.39, 0.29) is 12.0 Å². The van der Waals surface area contributed by atoms with Crippen molar-refractivity contribution in [1.29, 1.82) is 0 Å². The molecule has 2 rings (SSSR count). The Hall–Kier alpha value is -2.82. The SMILES string of the molecule is COc1cccc(/C=N\NC(=O)c2ccccc2)c1OC(C)C. The molecule has 0 aromatic heterocycles. The molecule has 2 aromatic carbocycles. The van der Waals surface area contributed by atoms with Gasteiger partial charge < -0.3 is 9.47 Å². The Morgan fingerprint density at radius 2 is 1.87 bits per heavy atom. The quantitative estimate of drug-likeness (QED) is 0.658. The fourth-order valence-electron chi connectivity index (χ4n) is 1.97. The van der Waals surface area contributed by atoms with Crippen LogP contribution in [0, 0.1) is 0 Å². The number of para-hydroxylation sites is 1. The number of benzene rings is 2. The highest BCUT2D eigenvalue weighted by Gasteiger charge is 2.11. The Kier molecular flexibility index (Phi) is 5.74. The highest BCUT2D eigenvalue weighted by atomic mass is 16.5. The van der Waals surface area contributed by atoms with Crippen LogP contribution < -0.4 is 14.9 Å². The molecule has 1 amide bonds.